The molecule has 7 heteroatoms. The van der Waals surface area contributed by atoms with Gasteiger partial charge in [-0.25, -0.2) is 4.98 Å². The van der Waals surface area contributed by atoms with Gasteiger partial charge in [0.15, 0.2) is 5.82 Å². The molecule has 0 aliphatic carbocycles. The van der Waals surface area contributed by atoms with E-state index in [1.54, 1.807) is 18.5 Å². The maximum Gasteiger partial charge on any atom is 0.222 e. The van der Waals surface area contributed by atoms with Crippen molar-refractivity contribution in [3.05, 3.63) is 22.9 Å². The van der Waals surface area contributed by atoms with Crippen LogP contribution >= 0.6 is 15.9 Å². The predicted molar refractivity (Wildman–Crippen MR) is 56.0 cm³/mol. The van der Waals surface area contributed by atoms with E-state index in [4.69, 9.17) is 5.73 Å². The molecule has 0 spiro atoms. The summed E-state index contributed by atoms with van der Waals surface area (Å²) in [5, 5.41) is 9.54. The molecule has 0 aliphatic heterocycles. The highest BCUT2D eigenvalue weighted by molar-refractivity contribution is 9.10. The molecule has 0 unspecified atom stereocenters. The van der Waals surface area contributed by atoms with E-state index in [1.165, 1.54) is 0 Å². The standard InChI is InChI=1S/C7H7BrN6/c8-4-3-10-7(9)13-6(4)12-5-1-2-11-14-5/h1-3H,(H4,9,10,11,12,13,14). The third kappa shape index (κ3) is 1.82. The van der Waals surface area contributed by atoms with E-state index in [2.05, 4.69) is 41.4 Å². The van der Waals surface area contributed by atoms with Gasteiger partial charge in [0.25, 0.3) is 0 Å². The first-order chi connectivity index (χ1) is 6.75. The molecule has 0 fully saturated rings. The van der Waals surface area contributed by atoms with Crippen molar-refractivity contribution in [2.24, 2.45) is 0 Å². The highest BCUT2D eigenvalue weighted by Gasteiger charge is 2.03. The Morgan fingerprint density at radius 2 is 2.36 bits per heavy atom. The molecule has 0 bridgehead atoms. The van der Waals surface area contributed by atoms with Gasteiger partial charge in [-0.15, -0.1) is 0 Å². The average Bonchev–Trinajstić information content (AvgIpc) is 2.64. The normalized spacial score (nSPS) is 10.1. The quantitative estimate of drug-likeness (QED) is 0.751. The zero-order valence-electron chi connectivity index (χ0n) is 7.03. The fraction of sp³-hybridized carbons (Fsp3) is 0. The fourth-order valence-corrected chi connectivity index (χ4v) is 1.21. The number of halogens is 1. The maximum absolute atomic E-state index is 5.45. The van der Waals surface area contributed by atoms with E-state index >= 15 is 0 Å². The summed E-state index contributed by atoms with van der Waals surface area (Å²) in [7, 11) is 0. The molecule has 72 valence electrons. The lowest BCUT2D eigenvalue weighted by molar-refractivity contribution is 1.08. The van der Waals surface area contributed by atoms with Crippen molar-refractivity contribution in [1.29, 1.82) is 0 Å². The second-order valence-corrected chi connectivity index (χ2v) is 3.37. The summed E-state index contributed by atoms with van der Waals surface area (Å²) in [6, 6.07) is 1.78. The second-order valence-electron chi connectivity index (χ2n) is 2.52. The molecule has 0 aliphatic rings. The van der Waals surface area contributed by atoms with Crippen LogP contribution in [0.15, 0.2) is 22.9 Å². The Balaban J connectivity index is 2.28. The molecule has 0 radical (unpaired) electrons. The Morgan fingerprint density at radius 1 is 1.50 bits per heavy atom. The van der Waals surface area contributed by atoms with Crippen molar-refractivity contribution in [3.63, 3.8) is 0 Å². The molecular formula is C7H7BrN6. The molecule has 0 aromatic carbocycles. The van der Waals surface area contributed by atoms with Gasteiger partial charge in [-0.05, 0) is 15.9 Å². The largest absolute Gasteiger partial charge is 0.368 e. The molecule has 2 heterocycles. The van der Waals surface area contributed by atoms with Gasteiger partial charge in [0, 0.05) is 12.3 Å². The topological polar surface area (TPSA) is 92.5 Å². The summed E-state index contributed by atoms with van der Waals surface area (Å²) in [5.41, 5.74) is 5.45. The van der Waals surface area contributed by atoms with Crippen LogP contribution in [0, 0.1) is 0 Å². The van der Waals surface area contributed by atoms with E-state index in [9.17, 15) is 0 Å². The fourth-order valence-electron chi connectivity index (χ4n) is 0.921. The first-order valence-electron chi connectivity index (χ1n) is 3.80. The molecule has 6 nitrogen and oxygen atoms in total. The van der Waals surface area contributed by atoms with Gasteiger partial charge < -0.3 is 11.1 Å². The Bertz CT molecular complexity index is 426. The van der Waals surface area contributed by atoms with Crippen LogP contribution in [-0.4, -0.2) is 20.2 Å². The number of nitrogens with zero attached hydrogens (tertiary/aromatic N) is 3. The van der Waals surface area contributed by atoms with E-state index in [0.29, 0.717) is 5.82 Å². The van der Waals surface area contributed by atoms with Crippen molar-refractivity contribution >= 4 is 33.5 Å². The van der Waals surface area contributed by atoms with E-state index in [1.807, 2.05) is 0 Å². The minimum Gasteiger partial charge on any atom is -0.368 e. The molecule has 2 aromatic heterocycles. The zero-order chi connectivity index (χ0) is 9.97. The number of nitrogen functional groups attached to an aromatic ring is 1. The summed E-state index contributed by atoms with van der Waals surface area (Å²) in [4.78, 5) is 7.83. The van der Waals surface area contributed by atoms with Crippen LogP contribution in [0.25, 0.3) is 0 Å². The first kappa shape index (κ1) is 8.95. The molecule has 2 rings (SSSR count). The van der Waals surface area contributed by atoms with Crippen molar-refractivity contribution in [1.82, 2.24) is 20.2 Å². The van der Waals surface area contributed by atoms with Gasteiger partial charge in [0.2, 0.25) is 5.95 Å². The molecule has 0 amide bonds. The summed E-state index contributed by atoms with van der Waals surface area (Å²) < 4.78 is 0.737. The Hall–Kier alpha value is -1.63. The zero-order valence-corrected chi connectivity index (χ0v) is 8.62. The van der Waals surface area contributed by atoms with E-state index in [-0.39, 0.29) is 5.95 Å². The maximum atomic E-state index is 5.45. The third-order valence-corrected chi connectivity index (χ3v) is 2.10. The number of rotatable bonds is 2. The molecule has 0 atom stereocenters. The van der Waals surface area contributed by atoms with Gasteiger partial charge >= 0.3 is 0 Å². The summed E-state index contributed by atoms with van der Waals surface area (Å²) >= 11 is 3.30. The number of hydrogen-bond acceptors (Lipinski definition) is 5. The van der Waals surface area contributed by atoms with Crippen LogP contribution in [0.4, 0.5) is 17.6 Å². The minimum atomic E-state index is 0.218. The monoisotopic (exact) mass is 254 g/mol. The lowest BCUT2D eigenvalue weighted by atomic mass is 10.5. The highest BCUT2D eigenvalue weighted by atomic mass is 79.9. The molecule has 0 saturated carbocycles. The van der Waals surface area contributed by atoms with Gasteiger partial charge in [-0.3, -0.25) is 5.10 Å². The number of aromatic nitrogens is 4. The number of anilines is 3. The predicted octanol–water partition coefficient (Wildman–Crippen LogP) is 1.29. The lowest BCUT2D eigenvalue weighted by Crippen LogP contribution is -2.00. The molecule has 4 N–H and O–H groups in total. The molecule has 2 aromatic rings. The SMILES string of the molecule is Nc1ncc(Br)c(Nc2ccn[nH]2)n1. The van der Waals surface area contributed by atoms with E-state index in [0.717, 1.165) is 10.3 Å². The van der Waals surface area contributed by atoms with Crippen LogP contribution in [-0.2, 0) is 0 Å². The van der Waals surface area contributed by atoms with Gasteiger partial charge in [-0.2, -0.15) is 10.1 Å². The summed E-state index contributed by atoms with van der Waals surface area (Å²) in [6.45, 7) is 0. The number of H-pyrrole nitrogens is 1. The Morgan fingerprint density at radius 3 is 3.07 bits per heavy atom. The lowest BCUT2D eigenvalue weighted by Gasteiger charge is -2.04. The third-order valence-electron chi connectivity index (χ3n) is 1.52. The van der Waals surface area contributed by atoms with Gasteiger partial charge in [0.05, 0.1) is 10.7 Å². The van der Waals surface area contributed by atoms with Crippen LogP contribution in [0.1, 0.15) is 0 Å². The van der Waals surface area contributed by atoms with Gasteiger partial charge in [-0.1, -0.05) is 0 Å². The van der Waals surface area contributed by atoms with Crippen molar-refractivity contribution in [2.45, 2.75) is 0 Å². The van der Waals surface area contributed by atoms with Crippen molar-refractivity contribution in [3.8, 4) is 0 Å². The number of nitrogens with two attached hydrogens (primary N) is 1. The van der Waals surface area contributed by atoms with Crippen LogP contribution in [0.5, 0.6) is 0 Å². The summed E-state index contributed by atoms with van der Waals surface area (Å²) in [6.07, 6.45) is 3.22. The van der Waals surface area contributed by atoms with Crippen molar-refractivity contribution < 1.29 is 0 Å². The minimum absolute atomic E-state index is 0.218. The second kappa shape index (κ2) is 3.62. The van der Waals surface area contributed by atoms with Crippen LogP contribution in [0.2, 0.25) is 0 Å². The van der Waals surface area contributed by atoms with Crippen molar-refractivity contribution in [2.75, 3.05) is 11.1 Å². The smallest absolute Gasteiger partial charge is 0.222 e. The number of nitrogens with one attached hydrogen (secondary N) is 2. The Labute approximate surface area is 88.1 Å². The van der Waals surface area contributed by atoms with E-state index < -0.39 is 0 Å². The molecule has 0 saturated heterocycles. The highest BCUT2D eigenvalue weighted by Crippen LogP contribution is 2.21. The number of aromatic amines is 1. The Kier molecular flexibility index (Phi) is 2.32. The van der Waals surface area contributed by atoms with Crippen LogP contribution < -0.4 is 11.1 Å². The number of hydrogen-bond donors (Lipinski definition) is 3. The molecular weight excluding hydrogens is 248 g/mol. The average molecular weight is 255 g/mol. The first-order valence-corrected chi connectivity index (χ1v) is 4.59. The van der Waals surface area contributed by atoms with Gasteiger partial charge in [0.1, 0.15) is 5.82 Å². The summed E-state index contributed by atoms with van der Waals surface area (Å²) in [5.74, 6) is 1.56. The molecule has 14 heavy (non-hydrogen) atoms. The van der Waals surface area contributed by atoms with Crippen LogP contribution in [0.3, 0.4) is 0 Å².